The van der Waals surface area contributed by atoms with E-state index in [1.54, 1.807) is 0 Å². The smallest absolute Gasteiger partial charge is 0.310 e. The molecule has 0 fully saturated rings. The highest BCUT2D eigenvalue weighted by atomic mass is 35.5. The number of hydrogen-bond donors (Lipinski definition) is 1. The summed E-state index contributed by atoms with van der Waals surface area (Å²) in [6, 6.07) is 6.88. The van der Waals surface area contributed by atoms with Crippen molar-refractivity contribution in [2.75, 3.05) is 6.61 Å². The van der Waals surface area contributed by atoms with Crippen molar-refractivity contribution in [3.63, 3.8) is 0 Å². The summed E-state index contributed by atoms with van der Waals surface area (Å²) in [5.41, 5.74) is 0.547. The largest absolute Gasteiger partial charge is 0.503 e. The Labute approximate surface area is 170 Å². The van der Waals surface area contributed by atoms with E-state index < -0.39 is 29.3 Å². The maximum atomic E-state index is 14.7. The molecule has 0 saturated heterocycles. The van der Waals surface area contributed by atoms with Gasteiger partial charge in [0.2, 0.25) is 0 Å². The van der Waals surface area contributed by atoms with Crippen molar-refractivity contribution in [1.29, 1.82) is 0 Å². The minimum Gasteiger partial charge on any atom is -0.503 e. The Morgan fingerprint density at radius 2 is 1.86 bits per heavy atom. The Morgan fingerprint density at radius 1 is 1.21 bits per heavy atom. The van der Waals surface area contributed by atoms with Gasteiger partial charge in [-0.25, -0.2) is 8.78 Å². The third-order valence-electron chi connectivity index (χ3n) is 4.57. The van der Waals surface area contributed by atoms with Gasteiger partial charge in [0.25, 0.3) is 5.91 Å². The number of rotatable bonds is 5. The molecule has 0 saturated carbocycles. The van der Waals surface area contributed by atoms with E-state index >= 15 is 0 Å². The second kappa shape index (κ2) is 8.21. The maximum absolute atomic E-state index is 14.7. The number of phenols is 1. The molecule has 0 aliphatic carbocycles. The summed E-state index contributed by atoms with van der Waals surface area (Å²) < 4.78 is 35.0. The molecule has 0 radical (unpaired) electrons. The average molecular weight is 422 g/mol. The van der Waals surface area contributed by atoms with Crippen LogP contribution in [0.5, 0.6) is 5.75 Å². The molecule has 0 amide bonds. The van der Waals surface area contributed by atoms with E-state index in [1.807, 2.05) is 6.92 Å². The van der Waals surface area contributed by atoms with Crippen LogP contribution >= 0.6 is 11.6 Å². The summed E-state index contributed by atoms with van der Waals surface area (Å²) in [4.78, 5) is 25.2. The van der Waals surface area contributed by atoms with Gasteiger partial charge in [-0.2, -0.15) is 0 Å². The molecule has 29 heavy (non-hydrogen) atoms. The van der Waals surface area contributed by atoms with Crippen molar-refractivity contribution >= 4 is 34.4 Å². The third-order valence-corrected chi connectivity index (χ3v) is 4.82. The van der Waals surface area contributed by atoms with E-state index in [2.05, 4.69) is 0 Å². The first kappa shape index (κ1) is 20.8. The minimum absolute atomic E-state index is 0.0893. The molecule has 0 aliphatic rings. The Balaban J connectivity index is 2.22. The predicted octanol–water partition coefficient (Wildman–Crippen LogP) is 4.77. The minimum atomic E-state index is -1.23. The van der Waals surface area contributed by atoms with E-state index in [9.17, 15) is 23.5 Å². The van der Waals surface area contributed by atoms with Crippen molar-refractivity contribution < 1.29 is 28.2 Å². The quantitative estimate of drug-likeness (QED) is 0.602. The first-order valence-electron chi connectivity index (χ1n) is 8.93. The van der Waals surface area contributed by atoms with Gasteiger partial charge in [0.05, 0.1) is 18.5 Å². The van der Waals surface area contributed by atoms with Gasteiger partial charge in [0.1, 0.15) is 0 Å². The van der Waals surface area contributed by atoms with Gasteiger partial charge in [-0.15, -0.1) is 0 Å². The van der Waals surface area contributed by atoms with Crippen LogP contribution in [0.25, 0.3) is 10.9 Å². The lowest BCUT2D eigenvalue weighted by molar-refractivity contribution is -0.142. The summed E-state index contributed by atoms with van der Waals surface area (Å²) in [6.07, 6.45) is 0.285. The molecule has 0 unspecified atom stereocenters. The lowest BCUT2D eigenvalue weighted by Gasteiger charge is -2.08. The number of ether oxygens (including phenoxy) is 1. The van der Waals surface area contributed by atoms with Crippen LogP contribution in [-0.4, -0.2) is 28.2 Å². The van der Waals surface area contributed by atoms with Gasteiger partial charge >= 0.3 is 5.97 Å². The SMILES string of the molecule is CCCOC(=O)Cc1c(C)n(C(=O)c2ccc(Cl)cc2)c2cc(F)c(O)c(F)c12. The molecule has 0 aliphatic heterocycles. The molecular formula is C21H18ClF2NO4. The van der Waals surface area contributed by atoms with Gasteiger partial charge in [0, 0.05) is 27.7 Å². The van der Waals surface area contributed by atoms with Crippen molar-refractivity contribution in [1.82, 2.24) is 4.57 Å². The second-order valence-electron chi connectivity index (χ2n) is 6.52. The van der Waals surface area contributed by atoms with E-state index in [-0.39, 0.29) is 40.8 Å². The number of carbonyl (C=O) groups is 2. The van der Waals surface area contributed by atoms with Crippen LogP contribution in [0.3, 0.4) is 0 Å². The Kier molecular flexibility index (Phi) is 5.88. The molecule has 0 atom stereocenters. The Hall–Kier alpha value is -2.93. The van der Waals surface area contributed by atoms with E-state index in [0.29, 0.717) is 11.4 Å². The zero-order valence-electron chi connectivity index (χ0n) is 15.8. The highest BCUT2D eigenvalue weighted by Gasteiger charge is 2.27. The summed E-state index contributed by atoms with van der Waals surface area (Å²) in [7, 11) is 0. The summed E-state index contributed by atoms with van der Waals surface area (Å²) in [5.74, 6) is -4.78. The molecule has 152 valence electrons. The normalized spacial score (nSPS) is 11.1. The van der Waals surface area contributed by atoms with Crippen molar-refractivity contribution in [2.24, 2.45) is 0 Å². The molecule has 3 rings (SSSR count). The number of esters is 1. The number of hydrogen-bond acceptors (Lipinski definition) is 4. The van der Waals surface area contributed by atoms with Crippen molar-refractivity contribution in [3.8, 4) is 5.75 Å². The number of nitrogens with zero attached hydrogens (tertiary/aromatic N) is 1. The van der Waals surface area contributed by atoms with Crippen LogP contribution < -0.4 is 0 Å². The Morgan fingerprint density at radius 3 is 2.48 bits per heavy atom. The first-order chi connectivity index (χ1) is 13.8. The van der Waals surface area contributed by atoms with Crippen LogP contribution in [0.1, 0.15) is 35.0 Å². The maximum Gasteiger partial charge on any atom is 0.310 e. The van der Waals surface area contributed by atoms with Gasteiger partial charge in [-0.05, 0) is 43.2 Å². The molecule has 5 nitrogen and oxygen atoms in total. The summed E-state index contributed by atoms with van der Waals surface area (Å²) in [5, 5.41) is 9.95. The average Bonchev–Trinajstić information content (AvgIpc) is 2.96. The standard InChI is InChI=1S/C21H18ClF2NO4/c1-3-8-29-17(26)9-14-11(2)25(21(28)12-4-6-13(22)7-5-12)16-10-15(23)20(27)19(24)18(14)16/h4-7,10,27H,3,8-9H2,1-2H3. The fraction of sp³-hybridized carbons (Fsp3) is 0.238. The molecule has 0 spiro atoms. The van der Waals surface area contributed by atoms with E-state index in [4.69, 9.17) is 16.3 Å². The molecule has 3 aromatic rings. The molecule has 8 heteroatoms. The number of benzene rings is 2. The second-order valence-corrected chi connectivity index (χ2v) is 6.96. The molecule has 1 N–H and O–H groups in total. The fourth-order valence-corrected chi connectivity index (χ4v) is 3.29. The lowest BCUT2D eigenvalue weighted by atomic mass is 10.1. The van der Waals surface area contributed by atoms with Gasteiger partial charge < -0.3 is 9.84 Å². The number of aromatic nitrogens is 1. The summed E-state index contributed by atoms with van der Waals surface area (Å²) >= 11 is 5.85. The predicted molar refractivity (Wildman–Crippen MR) is 104 cm³/mol. The number of phenolic OH excluding ortho intramolecular Hbond substituents is 1. The molecule has 1 heterocycles. The molecule has 1 aromatic heterocycles. The summed E-state index contributed by atoms with van der Waals surface area (Å²) in [6.45, 7) is 3.54. The third kappa shape index (κ3) is 3.82. The lowest BCUT2D eigenvalue weighted by Crippen LogP contribution is -2.14. The zero-order chi connectivity index (χ0) is 21.3. The molecular weight excluding hydrogens is 404 g/mol. The van der Waals surface area contributed by atoms with E-state index in [0.717, 1.165) is 10.6 Å². The van der Waals surface area contributed by atoms with Gasteiger partial charge in [0.15, 0.2) is 17.4 Å². The van der Waals surface area contributed by atoms with Crippen LogP contribution in [0.4, 0.5) is 8.78 Å². The highest BCUT2D eigenvalue weighted by Crippen LogP contribution is 2.35. The van der Waals surface area contributed by atoms with Crippen LogP contribution in [0.15, 0.2) is 30.3 Å². The molecule has 0 bridgehead atoms. The van der Waals surface area contributed by atoms with Crippen molar-refractivity contribution in [3.05, 3.63) is 63.8 Å². The Bertz CT molecular complexity index is 1110. The highest BCUT2D eigenvalue weighted by molar-refractivity contribution is 6.30. The zero-order valence-corrected chi connectivity index (χ0v) is 16.5. The van der Waals surface area contributed by atoms with Crippen LogP contribution in [-0.2, 0) is 16.0 Å². The topological polar surface area (TPSA) is 68.5 Å². The van der Waals surface area contributed by atoms with Crippen LogP contribution in [0, 0.1) is 18.6 Å². The van der Waals surface area contributed by atoms with Gasteiger partial charge in [-0.1, -0.05) is 18.5 Å². The monoisotopic (exact) mass is 421 g/mol. The van der Waals surface area contributed by atoms with E-state index in [1.165, 1.54) is 31.2 Å². The molecule has 2 aromatic carbocycles. The number of carbonyl (C=O) groups excluding carboxylic acids is 2. The van der Waals surface area contributed by atoms with Crippen LogP contribution in [0.2, 0.25) is 5.02 Å². The number of fused-ring (bicyclic) bond motifs is 1. The fourth-order valence-electron chi connectivity index (χ4n) is 3.17. The van der Waals surface area contributed by atoms with Gasteiger partial charge in [-0.3, -0.25) is 14.2 Å². The van der Waals surface area contributed by atoms with Crippen molar-refractivity contribution in [2.45, 2.75) is 26.7 Å². The first-order valence-corrected chi connectivity index (χ1v) is 9.30. The number of halogens is 3. The number of aromatic hydroxyl groups is 1.